The van der Waals surface area contributed by atoms with Crippen LogP contribution < -0.4 is 20.3 Å². The molecule has 0 saturated carbocycles. The molecule has 0 aliphatic rings. The van der Waals surface area contributed by atoms with Crippen LogP contribution >= 0.6 is 34.2 Å². The van der Waals surface area contributed by atoms with Crippen molar-refractivity contribution in [2.45, 2.75) is 6.92 Å². The van der Waals surface area contributed by atoms with Crippen LogP contribution in [0.3, 0.4) is 0 Å². The van der Waals surface area contributed by atoms with Crippen LogP contribution in [0.25, 0.3) is 0 Å². The van der Waals surface area contributed by atoms with Gasteiger partial charge in [0.2, 0.25) is 0 Å². The summed E-state index contributed by atoms with van der Waals surface area (Å²) in [6, 6.07) is 6.87. The van der Waals surface area contributed by atoms with Gasteiger partial charge in [-0.25, -0.2) is 4.72 Å². The van der Waals surface area contributed by atoms with Crippen molar-refractivity contribution in [1.82, 2.24) is 4.57 Å². The van der Waals surface area contributed by atoms with Crippen LogP contribution in [0.5, 0.6) is 5.75 Å². The van der Waals surface area contributed by atoms with Crippen LogP contribution in [0.1, 0.15) is 6.92 Å². The molecular weight excluding hydrogens is 465 g/mol. The summed E-state index contributed by atoms with van der Waals surface area (Å²) in [6.45, 7) is 1.81. The molecule has 24 heavy (non-hydrogen) atoms. The summed E-state index contributed by atoms with van der Waals surface area (Å²) >= 11 is 8.43. The van der Waals surface area contributed by atoms with E-state index >= 15 is 0 Å². The number of anilines is 3. The lowest BCUT2D eigenvalue weighted by Crippen LogP contribution is -2.22. The number of halogens is 2. The molecule has 1 aromatic carbocycles. The number of pyridine rings is 1. The van der Waals surface area contributed by atoms with Crippen molar-refractivity contribution in [3.8, 4) is 5.75 Å². The van der Waals surface area contributed by atoms with E-state index in [9.17, 15) is 9.00 Å². The molecule has 0 fully saturated rings. The highest BCUT2D eigenvalue weighted by atomic mass is 127. The Morgan fingerprint density at radius 2 is 2.08 bits per heavy atom. The summed E-state index contributed by atoms with van der Waals surface area (Å²) in [5.41, 5.74) is 0.834. The average Bonchev–Trinajstić information content (AvgIpc) is 2.55. The molecule has 2 aromatic rings. The van der Waals surface area contributed by atoms with E-state index in [1.165, 1.54) is 17.7 Å². The number of benzene rings is 1. The van der Waals surface area contributed by atoms with E-state index in [2.05, 4.69) is 32.6 Å². The predicted octanol–water partition coefficient (Wildman–Crippen LogP) is 3.44. The highest BCUT2D eigenvalue weighted by Gasteiger charge is 2.19. The number of hydrogen-bond donors (Lipinski definition) is 2. The zero-order chi connectivity index (χ0) is 17.9. The molecular formula is C15H18ClIN3O3S+. The number of nitrogens with one attached hydrogen (secondary N) is 2. The number of rotatable bonds is 6. The molecule has 0 spiro atoms. The van der Waals surface area contributed by atoms with E-state index in [4.69, 9.17) is 16.3 Å². The monoisotopic (exact) mass is 482 g/mol. The first-order valence-corrected chi connectivity index (χ1v) is 9.99. The van der Waals surface area contributed by atoms with Gasteiger partial charge in [-0.3, -0.25) is 9.36 Å². The van der Waals surface area contributed by atoms with Crippen molar-refractivity contribution in [3.05, 3.63) is 43.2 Å². The predicted molar refractivity (Wildman–Crippen MR) is 109 cm³/mol. The highest BCUT2D eigenvalue weighted by Crippen LogP contribution is 2.35. The topological polar surface area (TPSA) is 72.4 Å². The van der Waals surface area contributed by atoms with Crippen LogP contribution in [0.4, 0.5) is 17.2 Å². The maximum atomic E-state index is 12.2. The summed E-state index contributed by atoms with van der Waals surface area (Å²) < 4.78 is 22.6. The van der Waals surface area contributed by atoms with Crippen molar-refractivity contribution in [2.75, 3.05) is 22.9 Å². The summed E-state index contributed by atoms with van der Waals surface area (Å²) in [5.74, 6) is 1.20. The summed E-state index contributed by atoms with van der Waals surface area (Å²) in [5, 5.41) is 3.65. The fourth-order valence-electron chi connectivity index (χ4n) is 2.01. The average molecular weight is 483 g/mol. The summed E-state index contributed by atoms with van der Waals surface area (Å²) in [7, 11) is 1.41. The third-order valence-electron chi connectivity index (χ3n) is 3.33. The SMILES string of the molecule is CC[SH+](=O)Nc1c(OC)cc(=O)n(C)c1Nc1ccc(I)cc1Cl. The highest BCUT2D eigenvalue weighted by molar-refractivity contribution is 14.1. The van der Waals surface area contributed by atoms with Crippen LogP contribution in [-0.2, 0) is 22.2 Å². The van der Waals surface area contributed by atoms with Gasteiger partial charge in [0.1, 0.15) is 11.6 Å². The van der Waals surface area contributed by atoms with Gasteiger partial charge in [-0.1, -0.05) is 15.8 Å². The molecule has 0 bridgehead atoms. The van der Waals surface area contributed by atoms with E-state index in [0.29, 0.717) is 33.7 Å². The van der Waals surface area contributed by atoms with Crippen molar-refractivity contribution in [1.29, 1.82) is 0 Å². The molecule has 1 aromatic heterocycles. The van der Waals surface area contributed by atoms with E-state index in [-0.39, 0.29) is 5.56 Å². The molecule has 9 heteroatoms. The van der Waals surface area contributed by atoms with Crippen LogP contribution in [0.15, 0.2) is 29.1 Å². The second-order valence-corrected chi connectivity index (χ2v) is 8.16. The van der Waals surface area contributed by atoms with Gasteiger partial charge in [0.25, 0.3) is 5.56 Å². The van der Waals surface area contributed by atoms with E-state index in [0.717, 1.165) is 3.57 Å². The zero-order valence-electron chi connectivity index (χ0n) is 13.4. The Labute approximate surface area is 161 Å². The van der Waals surface area contributed by atoms with Gasteiger partial charge < -0.3 is 10.1 Å². The zero-order valence-corrected chi connectivity index (χ0v) is 17.2. The maximum absolute atomic E-state index is 12.2. The molecule has 1 heterocycles. The van der Waals surface area contributed by atoms with Gasteiger partial charge in [-0.2, -0.15) is 0 Å². The fraction of sp³-hybridized carbons (Fsp3) is 0.267. The minimum absolute atomic E-state index is 0.256. The Balaban J connectivity index is 2.59. The number of nitrogens with zero attached hydrogens (tertiary/aromatic N) is 1. The Bertz CT molecular complexity index is 841. The standard InChI is InChI=1S/C15H17ClIN3O3S/c1-4-24(22)19-14-12(23-3)8-13(21)20(2)15(14)18-11-6-5-9(17)7-10(11)16/h5-8,18H,4H2,1-3H3,(H,19,22)/p+1. The lowest BCUT2D eigenvalue weighted by Gasteiger charge is -2.18. The third-order valence-corrected chi connectivity index (χ3v) is 5.36. The maximum Gasteiger partial charge on any atom is 0.255 e. The first-order valence-electron chi connectivity index (χ1n) is 7.08. The molecule has 6 nitrogen and oxygen atoms in total. The van der Waals surface area contributed by atoms with E-state index < -0.39 is 11.0 Å². The smallest absolute Gasteiger partial charge is 0.255 e. The van der Waals surface area contributed by atoms with Gasteiger partial charge in [-0.05, 0) is 47.7 Å². The quantitative estimate of drug-likeness (QED) is 0.376. The minimum Gasteiger partial charge on any atom is -0.494 e. The number of methoxy groups -OCH3 is 1. The Kier molecular flexibility index (Phi) is 6.53. The lowest BCUT2D eigenvalue weighted by molar-refractivity contribution is 0.415. The molecule has 2 N–H and O–H groups in total. The first kappa shape index (κ1) is 19.1. The molecule has 0 aliphatic carbocycles. The third kappa shape index (κ3) is 4.22. The van der Waals surface area contributed by atoms with Crippen molar-refractivity contribution < 1.29 is 8.95 Å². The molecule has 0 saturated heterocycles. The second kappa shape index (κ2) is 8.21. The van der Waals surface area contributed by atoms with Gasteiger partial charge in [-0.15, -0.1) is 0 Å². The van der Waals surface area contributed by atoms with E-state index in [1.807, 2.05) is 25.1 Å². The number of ether oxygens (including phenoxy) is 1. The number of hydrogen-bond acceptors (Lipinski definition) is 4. The Morgan fingerprint density at radius 1 is 1.38 bits per heavy atom. The summed E-state index contributed by atoms with van der Waals surface area (Å²) in [6.07, 6.45) is 0. The minimum atomic E-state index is -1.67. The van der Waals surface area contributed by atoms with Gasteiger partial charge in [0.05, 0.1) is 17.8 Å². The lowest BCUT2D eigenvalue weighted by atomic mass is 10.3. The van der Waals surface area contributed by atoms with Crippen LogP contribution in [-0.4, -0.2) is 17.4 Å². The van der Waals surface area contributed by atoms with Crippen molar-refractivity contribution >= 4 is 62.4 Å². The molecule has 2 rings (SSSR count). The van der Waals surface area contributed by atoms with Crippen molar-refractivity contribution in [2.24, 2.45) is 7.05 Å². The first-order chi connectivity index (χ1) is 11.4. The normalized spacial score (nSPS) is 11.9. The molecule has 0 radical (unpaired) electrons. The van der Waals surface area contributed by atoms with Crippen LogP contribution in [0, 0.1) is 3.57 Å². The van der Waals surface area contributed by atoms with E-state index in [1.54, 1.807) is 7.05 Å². The Hall–Kier alpha value is -1.26. The molecule has 130 valence electrons. The van der Waals surface area contributed by atoms with Crippen LogP contribution in [0.2, 0.25) is 5.02 Å². The fourth-order valence-corrected chi connectivity index (χ4v) is 3.54. The molecule has 0 amide bonds. The van der Waals surface area contributed by atoms with Gasteiger partial charge >= 0.3 is 0 Å². The summed E-state index contributed by atoms with van der Waals surface area (Å²) in [4.78, 5) is 12.2. The van der Waals surface area contributed by atoms with Gasteiger partial charge in [0, 0.05) is 16.7 Å². The molecule has 1 unspecified atom stereocenters. The Morgan fingerprint density at radius 3 is 2.67 bits per heavy atom. The second-order valence-electron chi connectivity index (χ2n) is 4.89. The number of thiol groups is 1. The number of aromatic nitrogens is 1. The molecule has 1 atom stereocenters. The van der Waals surface area contributed by atoms with Gasteiger partial charge in [0.15, 0.2) is 22.4 Å². The largest absolute Gasteiger partial charge is 0.494 e. The molecule has 0 aliphatic heterocycles. The van der Waals surface area contributed by atoms with Crippen molar-refractivity contribution in [3.63, 3.8) is 0 Å².